The van der Waals surface area contributed by atoms with Crippen LogP contribution in [0.2, 0.25) is 0 Å². The maximum Gasteiger partial charge on any atom is 0.245 e. The van der Waals surface area contributed by atoms with E-state index < -0.39 is 10.0 Å². The number of halogens is 2. The van der Waals surface area contributed by atoms with Gasteiger partial charge in [-0.1, -0.05) is 6.92 Å². The Bertz CT molecular complexity index is 704. The number of pyridine rings is 1. The summed E-state index contributed by atoms with van der Waals surface area (Å²) in [6.07, 6.45) is 3.31. The van der Waals surface area contributed by atoms with E-state index in [1.54, 1.807) is 18.5 Å². The molecule has 0 saturated heterocycles. The number of aromatic nitrogens is 1. The Morgan fingerprint density at radius 1 is 1.38 bits per heavy atom. The van der Waals surface area contributed by atoms with Crippen molar-refractivity contribution in [3.63, 3.8) is 0 Å². The Kier molecular flexibility index (Phi) is 5.79. The molecule has 0 aliphatic rings. The molecule has 0 N–H and O–H groups in total. The van der Waals surface area contributed by atoms with E-state index >= 15 is 0 Å². The molecule has 0 bridgehead atoms. The second-order valence-corrected chi connectivity index (χ2v) is 8.90. The third-order valence-electron chi connectivity index (χ3n) is 2.92. The molecule has 21 heavy (non-hydrogen) atoms. The Hall–Kier alpha value is -0.470. The van der Waals surface area contributed by atoms with Gasteiger partial charge in [-0.05, 0) is 39.7 Å². The lowest BCUT2D eigenvalue weighted by molar-refractivity contribution is 0.423. The van der Waals surface area contributed by atoms with Crippen LogP contribution in [0.3, 0.4) is 0 Å². The molecule has 0 atom stereocenters. The maximum absolute atomic E-state index is 12.8. The van der Waals surface area contributed by atoms with Gasteiger partial charge in [0.25, 0.3) is 0 Å². The van der Waals surface area contributed by atoms with Gasteiger partial charge in [0.2, 0.25) is 10.0 Å². The highest BCUT2D eigenvalue weighted by molar-refractivity contribution is 9.11. The number of hydrogen-bond donors (Lipinski definition) is 0. The number of rotatable bonds is 6. The Balaban J connectivity index is 2.33. The summed E-state index contributed by atoms with van der Waals surface area (Å²) in [7, 11) is -3.55. The summed E-state index contributed by atoms with van der Waals surface area (Å²) < 4.78 is 27.6. The minimum Gasteiger partial charge on any atom is -0.265 e. The predicted molar refractivity (Wildman–Crippen MR) is 89.1 cm³/mol. The Morgan fingerprint density at radius 3 is 2.57 bits per heavy atom. The number of nitrogens with zero attached hydrogens (tertiary/aromatic N) is 2. The van der Waals surface area contributed by atoms with E-state index in [0.29, 0.717) is 22.8 Å². The van der Waals surface area contributed by atoms with Crippen LogP contribution in [0.15, 0.2) is 39.3 Å². The van der Waals surface area contributed by atoms with Crippen molar-refractivity contribution in [1.82, 2.24) is 9.29 Å². The van der Waals surface area contributed by atoms with Gasteiger partial charge in [0.1, 0.15) is 4.90 Å². The van der Waals surface area contributed by atoms with E-state index in [1.807, 2.05) is 19.1 Å². The number of thiophene rings is 1. The van der Waals surface area contributed by atoms with Crippen LogP contribution in [0.1, 0.15) is 17.4 Å². The van der Waals surface area contributed by atoms with E-state index in [1.165, 1.54) is 15.6 Å². The summed E-state index contributed by atoms with van der Waals surface area (Å²) in [5.74, 6) is 0.301. The molecule has 0 aliphatic heterocycles. The molecule has 0 fully saturated rings. The quantitative estimate of drug-likeness (QED) is 0.681. The molecule has 0 radical (unpaired) electrons. The van der Waals surface area contributed by atoms with Crippen LogP contribution in [0, 0.1) is 0 Å². The van der Waals surface area contributed by atoms with Crippen molar-refractivity contribution < 1.29 is 8.42 Å². The van der Waals surface area contributed by atoms with E-state index in [2.05, 4.69) is 20.9 Å². The summed E-state index contributed by atoms with van der Waals surface area (Å²) in [5, 5.41) is 0. The average molecular weight is 410 g/mol. The molecule has 0 unspecified atom stereocenters. The van der Waals surface area contributed by atoms with E-state index in [9.17, 15) is 8.42 Å². The fourth-order valence-electron chi connectivity index (χ4n) is 1.84. The van der Waals surface area contributed by atoms with Gasteiger partial charge in [0.05, 0.1) is 9.67 Å². The van der Waals surface area contributed by atoms with Crippen molar-refractivity contribution >= 4 is 48.9 Å². The predicted octanol–water partition coefficient (Wildman–Crippen LogP) is 3.86. The highest BCUT2D eigenvalue weighted by Crippen LogP contribution is 2.34. The monoisotopic (exact) mass is 408 g/mol. The van der Waals surface area contributed by atoms with Crippen molar-refractivity contribution in [2.75, 3.05) is 6.54 Å². The summed E-state index contributed by atoms with van der Waals surface area (Å²) in [6.45, 7) is 2.53. The fraction of sp³-hybridized carbons (Fsp3) is 0.308. The number of sulfonamides is 1. The zero-order valence-electron chi connectivity index (χ0n) is 11.3. The van der Waals surface area contributed by atoms with Gasteiger partial charge in [-0.25, -0.2) is 8.42 Å². The van der Waals surface area contributed by atoms with Gasteiger partial charge in [-0.3, -0.25) is 4.98 Å². The lowest BCUT2D eigenvalue weighted by atomic mass is 10.3. The molecule has 0 amide bonds. The minimum atomic E-state index is -3.55. The molecule has 2 aromatic rings. The van der Waals surface area contributed by atoms with Crippen LogP contribution in [0.25, 0.3) is 0 Å². The molecule has 2 heterocycles. The third-order valence-corrected chi connectivity index (χ3v) is 7.54. The lowest BCUT2D eigenvalue weighted by Gasteiger charge is -2.20. The van der Waals surface area contributed by atoms with Gasteiger partial charge >= 0.3 is 0 Å². The number of hydrogen-bond acceptors (Lipinski definition) is 4. The van der Waals surface area contributed by atoms with Crippen LogP contribution < -0.4 is 0 Å². The summed E-state index contributed by atoms with van der Waals surface area (Å²) in [6, 6.07) is 5.25. The summed E-state index contributed by atoms with van der Waals surface area (Å²) >= 11 is 10.4. The first-order chi connectivity index (χ1) is 9.98. The van der Waals surface area contributed by atoms with Gasteiger partial charge < -0.3 is 0 Å². The third kappa shape index (κ3) is 3.84. The van der Waals surface area contributed by atoms with Crippen molar-refractivity contribution in [2.45, 2.75) is 24.2 Å². The first-order valence-corrected chi connectivity index (χ1v) is 9.80. The molecule has 114 valence electrons. The van der Waals surface area contributed by atoms with Crippen molar-refractivity contribution in [1.29, 1.82) is 0 Å². The van der Waals surface area contributed by atoms with E-state index in [-0.39, 0.29) is 4.90 Å². The molecular formula is C13H14BrClN2O2S2. The minimum absolute atomic E-state index is 0.277. The topological polar surface area (TPSA) is 50.3 Å². The Morgan fingerprint density at radius 2 is 2.05 bits per heavy atom. The van der Waals surface area contributed by atoms with E-state index in [0.717, 1.165) is 10.4 Å². The average Bonchev–Trinajstić information content (AvgIpc) is 2.87. The van der Waals surface area contributed by atoms with Gasteiger partial charge in [0, 0.05) is 30.4 Å². The Labute approximate surface area is 141 Å². The molecule has 0 spiro atoms. The molecule has 8 heteroatoms. The first kappa shape index (κ1) is 16.9. The van der Waals surface area contributed by atoms with Gasteiger partial charge in [-0.15, -0.1) is 22.9 Å². The maximum atomic E-state index is 12.8. The summed E-state index contributed by atoms with van der Waals surface area (Å²) in [5.41, 5.74) is 0.902. The van der Waals surface area contributed by atoms with Crippen molar-refractivity contribution in [2.24, 2.45) is 0 Å². The normalized spacial score (nSPS) is 12.0. The van der Waals surface area contributed by atoms with Crippen molar-refractivity contribution in [3.8, 4) is 0 Å². The lowest BCUT2D eigenvalue weighted by Crippen LogP contribution is -2.30. The molecule has 0 aromatic carbocycles. The molecule has 0 saturated carbocycles. The standard InChI is InChI=1S/C13H14BrClN2O2S2/c1-2-17(9-10-3-5-16-6-4-10)21(18,19)12-7-11(8-15)20-13(12)14/h3-7H,2,8-9H2,1H3. The SMILES string of the molecule is CCN(Cc1ccncc1)S(=O)(=O)c1cc(CCl)sc1Br. The largest absolute Gasteiger partial charge is 0.265 e. The van der Waals surface area contributed by atoms with Crippen molar-refractivity contribution in [3.05, 3.63) is 44.8 Å². The second-order valence-electron chi connectivity index (χ2n) is 4.27. The molecular weight excluding hydrogens is 396 g/mol. The summed E-state index contributed by atoms with van der Waals surface area (Å²) in [4.78, 5) is 5.04. The smallest absolute Gasteiger partial charge is 0.245 e. The van der Waals surface area contributed by atoms with Crippen LogP contribution in [-0.4, -0.2) is 24.3 Å². The molecule has 4 nitrogen and oxygen atoms in total. The molecule has 2 rings (SSSR count). The van der Waals surface area contributed by atoms with Gasteiger partial charge in [-0.2, -0.15) is 4.31 Å². The zero-order valence-corrected chi connectivity index (χ0v) is 15.3. The van der Waals surface area contributed by atoms with E-state index in [4.69, 9.17) is 11.6 Å². The number of alkyl halides is 1. The van der Waals surface area contributed by atoms with Crippen LogP contribution in [0.5, 0.6) is 0 Å². The highest BCUT2D eigenvalue weighted by Gasteiger charge is 2.27. The van der Waals surface area contributed by atoms with Crippen LogP contribution >= 0.6 is 38.9 Å². The second kappa shape index (κ2) is 7.19. The molecule has 2 aromatic heterocycles. The van der Waals surface area contributed by atoms with Gasteiger partial charge in [0.15, 0.2) is 0 Å². The fourth-order valence-corrected chi connectivity index (χ4v) is 6.00. The zero-order chi connectivity index (χ0) is 15.5. The first-order valence-electron chi connectivity index (χ1n) is 6.22. The van der Waals surface area contributed by atoms with Crippen LogP contribution in [0.4, 0.5) is 0 Å². The van der Waals surface area contributed by atoms with Crippen LogP contribution in [-0.2, 0) is 22.4 Å². The highest BCUT2D eigenvalue weighted by atomic mass is 79.9. The molecule has 0 aliphatic carbocycles.